The second-order valence-electron chi connectivity index (χ2n) is 8.60. The van der Waals surface area contributed by atoms with E-state index < -0.39 is 78.6 Å². The van der Waals surface area contributed by atoms with Crippen molar-refractivity contribution in [3.63, 3.8) is 0 Å². The summed E-state index contributed by atoms with van der Waals surface area (Å²) in [6, 6.07) is 7.19. The van der Waals surface area contributed by atoms with E-state index in [0.29, 0.717) is 32.7 Å². The first-order valence-corrected chi connectivity index (χ1v) is 11.6. The summed E-state index contributed by atoms with van der Waals surface area (Å²) in [6.45, 7) is 0. The van der Waals surface area contributed by atoms with Crippen molar-refractivity contribution in [3.8, 4) is 22.3 Å². The molecule has 0 atom stereocenters. The Morgan fingerprint density at radius 1 is 0.432 bits per heavy atom. The van der Waals surface area contributed by atoms with Gasteiger partial charge in [0.15, 0.2) is 0 Å². The molecule has 37 heavy (non-hydrogen) atoms. The molecule has 0 amide bonds. The Hall–Kier alpha value is -4.88. The van der Waals surface area contributed by atoms with Crippen molar-refractivity contribution in [2.45, 2.75) is 0 Å². The lowest BCUT2D eigenvalue weighted by Crippen LogP contribution is -1.90. The average Bonchev–Trinajstić information content (AvgIpc) is 3.54. The fraction of sp³-hybridized carbons (Fsp3) is 0. The maximum Gasteiger partial charge on any atom is 0.136 e. The van der Waals surface area contributed by atoms with Crippen molar-refractivity contribution in [2.75, 3.05) is 0 Å². The van der Waals surface area contributed by atoms with Crippen LogP contribution in [0, 0.1) is 0 Å². The highest BCUT2D eigenvalue weighted by molar-refractivity contribution is 6.22. The third-order valence-electron chi connectivity index (χ3n) is 6.57. The molecule has 0 aliphatic heterocycles. The number of fused-ring (bicyclic) bond motifs is 6. The van der Waals surface area contributed by atoms with E-state index in [4.69, 9.17) is 20.9 Å². The molecule has 0 aliphatic carbocycles. The molecule has 1 heteroatoms. The second-order valence-corrected chi connectivity index (χ2v) is 8.60. The van der Waals surface area contributed by atoms with Gasteiger partial charge in [-0.2, -0.15) is 0 Å². The van der Waals surface area contributed by atoms with E-state index in [9.17, 15) is 2.74 Å². The SMILES string of the molecule is [2H]c1c([2H])c([2H])c(-c2c3ccccc3c(-c3c([2H])c([2H])c4oc5c([2H])c6c([2H])c([2H])c([2H])c([2H])c6c([2H])c5c4c3[2H])c3ccccc23)c([2H])c1[2H]. The molecule has 8 rings (SSSR count). The Bertz CT molecular complexity index is 2830. The minimum absolute atomic E-state index is 0.0174. The lowest BCUT2D eigenvalue weighted by Gasteiger charge is -2.17. The predicted molar refractivity (Wildman–Crippen MR) is 157 cm³/mol. The number of hydrogen-bond donors (Lipinski definition) is 0. The van der Waals surface area contributed by atoms with Gasteiger partial charge in [0.1, 0.15) is 11.2 Å². The van der Waals surface area contributed by atoms with Crippen LogP contribution in [0.2, 0.25) is 0 Å². The molecule has 0 aliphatic rings. The molecular weight excluding hydrogens is 448 g/mol. The fourth-order valence-corrected chi connectivity index (χ4v) is 5.03. The molecule has 1 nitrogen and oxygen atoms in total. The van der Waals surface area contributed by atoms with Gasteiger partial charge in [-0.25, -0.2) is 0 Å². The van der Waals surface area contributed by atoms with Gasteiger partial charge in [0.2, 0.25) is 0 Å². The number of benzene rings is 7. The molecule has 0 fully saturated rings. The van der Waals surface area contributed by atoms with Crippen LogP contribution in [0.1, 0.15) is 19.2 Å². The lowest BCUT2D eigenvalue weighted by atomic mass is 9.86. The van der Waals surface area contributed by atoms with Crippen LogP contribution in [-0.4, -0.2) is 0 Å². The lowest BCUT2D eigenvalue weighted by molar-refractivity contribution is 0.669. The summed E-state index contributed by atoms with van der Waals surface area (Å²) in [5, 5.41) is 1.20. The van der Waals surface area contributed by atoms with Gasteiger partial charge in [0, 0.05) is 10.8 Å². The smallest absolute Gasteiger partial charge is 0.136 e. The maximum absolute atomic E-state index is 9.59. The molecule has 0 saturated heterocycles. The highest BCUT2D eigenvalue weighted by Gasteiger charge is 2.17. The van der Waals surface area contributed by atoms with E-state index in [1.165, 1.54) is 0 Å². The molecule has 7 aromatic carbocycles. The summed E-state index contributed by atoms with van der Waals surface area (Å²) in [7, 11) is 0. The van der Waals surface area contributed by atoms with E-state index in [2.05, 4.69) is 0 Å². The van der Waals surface area contributed by atoms with Gasteiger partial charge in [-0.05, 0) is 78.7 Å². The quantitative estimate of drug-likeness (QED) is 0.222. The topological polar surface area (TPSA) is 13.1 Å². The van der Waals surface area contributed by atoms with Crippen LogP contribution in [-0.2, 0) is 0 Å². The fourth-order valence-electron chi connectivity index (χ4n) is 5.03. The Morgan fingerprint density at radius 2 is 0.973 bits per heavy atom. The second kappa shape index (κ2) is 7.81. The van der Waals surface area contributed by atoms with E-state index in [0.717, 1.165) is 0 Å². The highest BCUT2D eigenvalue weighted by atomic mass is 16.3. The summed E-state index contributed by atoms with van der Waals surface area (Å²) in [5.41, 5.74) is 0.160. The third kappa shape index (κ3) is 3.04. The van der Waals surface area contributed by atoms with Crippen LogP contribution >= 0.6 is 0 Å². The molecule has 1 aromatic heterocycles. The van der Waals surface area contributed by atoms with Gasteiger partial charge >= 0.3 is 0 Å². The third-order valence-corrected chi connectivity index (χ3v) is 6.57. The van der Waals surface area contributed by atoms with E-state index in [1.807, 2.05) is 0 Å². The first-order chi connectivity index (χ1) is 24.2. The number of rotatable bonds is 2. The van der Waals surface area contributed by atoms with E-state index >= 15 is 0 Å². The van der Waals surface area contributed by atoms with Crippen molar-refractivity contribution >= 4 is 54.3 Å². The van der Waals surface area contributed by atoms with Gasteiger partial charge in [-0.1, -0.05) is 109 Å². The predicted octanol–water partition coefficient (Wildman–Crippen LogP) is 10.4. The molecule has 0 unspecified atom stereocenters. The molecule has 0 bridgehead atoms. The van der Waals surface area contributed by atoms with Crippen LogP contribution in [0.25, 0.3) is 76.5 Å². The van der Waals surface area contributed by atoms with Crippen LogP contribution in [0.3, 0.4) is 0 Å². The first kappa shape index (κ1) is 11.0. The molecule has 0 radical (unpaired) electrons. The number of hydrogen-bond acceptors (Lipinski definition) is 1. The zero-order chi connectivity index (χ0) is 36.5. The zero-order valence-electron chi connectivity index (χ0n) is 33.0. The summed E-state index contributed by atoms with van der Waals surface area (Å²) in [4.78, 5) is 0. The molecular formula is C36H22O. The molecule has 8 aromatic rings. The van der Waals surface area contributed by atoms with Gasteiger partial charge in [-0.15, -0.1) is 0 Å². The molecule has 0 N–H and O–H groups in total. The van der Waals surface area contributed by atoms with Crippen molar-refractivity contribution in [1.82, 2.24) is 0 Å². The van der Waals surface area contributed by atoms with Crippen LogP contribution in [0.5, 0.6) is 0 Å². The summed E-state index contributed by atoms with van der Waals surface area (Å²) >= 11 is 0. The molecule has 0 saturated carbocycles. The van der Waals surface area contributed by atoms with Gasteiger partial charge in [0.25, 0.3) is 0 Å². The Labute approximate surface area is 233 Å². The molecule has 172 valence electrons. The Kier molecular flexibility index (Phi) is 2.33. The Morgan fingerprint density at radius 3 is 1.62 bits per heavy atom. The van der Waals surface area contributed by atoms with Crippen LogP contribution in [0.4, 0.5) is 0 Å². The van der Waals surface area contributed by atoms with Crippen LogP contribution < -0.4 is 0 Å². The summed E-state index contributed by atoms with van der Waals surface area (Å²) in [6.07, 6.45) is 0. The molecule has 0 spiro atoms. The standard InChI is InChI=1S/C36H22O/c1-2-10-23(11-3-1)35-27-14-6-8-16-29(27)36(30-17-9-7-15-28(30)35)26-18-19-33-31(21-26)32-20-24-12-4-5-13-25(24)22-34(32)37-33/h1-22H/i1D,2D,3D,4D,5D,10D,11D,12D,13D,18D,19D,20D,21D,22D. The normalized spacial score (nSPS) is 17.1. The largest absolute Gasteiger partial charge is 0.456 e. The minimum Gasteiger partial charge on any atom is -0.456 e. The van der Waals surface area contributed by atoms with Crippen molar-refractivity contribution in [3.05, 3.63) is 133 Å². The monoisotopic (exact) mass is 484 g/mol. The van der Waals surface area contributed by atoms with Gasteiger partial charge < -0.3 is 4.42 Å². The first-order valence-electron chi connectivity index (χ1n) is 18.6. The van der Waals surface area contributed by atoms with Crippen molar-refractivity contribution in [2.24, 2.45) is 0 Å². The highest BCUT2D eigenvalue weighted by Crippen LogP contribution is 2.44. The Balaban J connectivity index is 1.59. The molecule has 1 heterocycles. The van der Waals surface area contributed by atoms with Crippen LogP contribution in [0.15, 0.2) is 138 Å². The summed E-state index contributed by atoms with van der Waals surface area (Å²) < 4.78 is 128. The number of furan rings is 1. The maximum atomic E-state index is 9.59. The van der Waals surface area contributed by atoms with Gasteiger partial charge in [-0.3, -0.25) is 0 Å². The van der Waals surface area contributed by atoms with Gasteiger partial charge in [0.05, 0.1) is 19.2 Å². The van der Waals surface area contributed by atoms with Crippen molar-refractivity contribution < 1.29 is 23.6 Å². The average molecular weight is 485 g/mol. The van der Waals surface area contributed by atoms with E-state index in [1.54, 1.807) is 48.5 Å². The van der Waals surface area contributed by atoms with Crippen molar-refractivity contribution in [1.29, 1.82) is 0 Å². The van der Waals surface area contributed by atoms with E-state index in [-0.39, 0.29) is 49.9 Å². The minimum atomic E-state index is -0.592. The summed E-state index contributed by atoms with van der Waals surface area (Å²) in [5.74, 6) is 0. The zero-order valence-corrected chi connectivity index (χ0v) is 19.0.